The molecule has 2 N–H and O–H groups in total. The van der Waals surface area contributed by atoms with Crippen LogP contribution < -0.4 is 15.0 Å². The van der Waals surface area contributed by atoms with Gasteiger partial charge in [-0.3, -0.25) is 9.59 Å². The molecule has 0 aliphatic carbocycles. The van der Waals surface area contributed by atoms with Crippen molar-refractivity contribution in [2.75, 3.05) is 13.7 Å². The third-order valence-electron chi connectivity index (χ3n) is 5.60. The highest BCUT2D eigenvalue weighted by Crippen LogP contribution is 2.29. The first-order valence-corrected chi connectivity index (χ1v) is 13.7. The molecule has 4 rings (SSSR count). The highest BCUT2D eigenvalue weighted by atomic mass is 32.2. The molecule has 0 unspecified atom stereocenters. The van der Waals surface area contributed by atoms with Crippen molar-refractivity contribution in [3.05, 3.63) is 92.9 Å². The van der Waals surface area contributed by atoms with Gasteiger partial charge in [0.05, 0.1) is 18.6 Å². The Hall–Kier alpha value is -4.09. The number of carbonyl (C=O) groups is 1. The van der Waals surface area contributed by atoms with Crippen LogP contribution in [0.25, 0.3) is 10.9 Å². The second kappa shape index (κ2) is 12.9. The molecule has 4 aromatic rings. The summed E-state index contributed by atoms with van der Waals surface area (Å²) in [7, 11) is -2.65. The van der Waals surface area contributed by atoms with Crippen LogP contribution in [0.5, 0.6) is 5.75 Å². The van der Waals surface area contributed by atoms with E-state index in [0.717, 1.165) is 4.88 Å². The zero-order valence-electron chi connectivity index (χ0n) is 20.5. The van der Waals surface area contributed by atoms with Crippen molar-refractivity contribution < 1.29 is 27.5 Å². The topological polar surface area (TPSA) is 143 Å². The van der Waals surface area contributed by atoms with E-state index in [0.29, 0.717) is 35.3 Å². The molecule has 12 heteroatoms. The van der Waals surface area contributed by atoms with Crippen molar-refractivity contribution >= 4 is 44.3 Å². The number of H-pyrrole nitrogens is 1. The molecule has 0 spiro atoms. The van der Waals surface area contributed by atoms with Gasteiger partial charge < -0.3 is 14.6 Å². The summed E-state index contributed by atoms with van der Waals surface area (Å²) in [5.74, 6) is 0.0101. The number of amides is 1. The van der Waals surface area contributed by atoms with Crippen LogP contribution in [0, 0.1) is 0 Å². The largest absolute Gasteiger partial charge is 0.496 e. The Balaban J connectivity index is 0.00000127. The molecule has 0 bridgehead atoms. The van der Waals surface area contributed by atoms with Crippen LogP contribution in [0.2, 0.25) is 0 Å². The molecule has 198 valence electrons. The zero-order valence-corrected chi connectivity index (χ0v) is 22.2. The predicted octanol–water partition coefficient (Wildman–Crippen LogP) is 3.08. The van der Waals surface area contributed by atoms with E-state index in [2.05, 4.69) is 9.71 Å². The molecular formula is C26H25N3O7S2. The average Bonchev–Trinajstić information content (AvgIpc) is 3.43. The van der Waals surface area contributed by atoms with Gasteiger partial charge in [-0.05, 0) is 54.1 Å². The van der Waals surface area contributed by atoms with Crippen molar-refractivity contribution in [3.8, 4) is 5.75 Å². The van der Waals surface area contributed by atoms with Crippen LogP contribution in [0.3, 0.4) is 0 Å². The SMILES string of the molecule is CCN(Cc1cccs1)C(=O)[C@@H](NS(=O)(=O)c1ccc2[nH]c(=O)ccc2c1)c1ccccc1OC.O=C=O. The predicted molar refractivity (Wildman–Crippen MR) is 141 cm³/mol. The van der Waals surface area contributed by atoms with Crippen LogP contribution in [0.15, 0.2) is 81.8 Å². The van der Waals surface area contributed by atoms with E-state index in [4.69, 9.17) is 14.3 Å². The van der Waals surface area contributed by atoms with Gasteiger partial charge in [-0.1, -0.05) is 24.3 Å². The number of hydrogen-bond acceptors (Lipinski definition) is 8. The summed E-state index contributed by atoms with van der Waals surface area (Å²) >= 11 is 1.53. The maximum atomic E-state index is 13.7. The first kappa shape index (κ1) is 28.5. The number of likely N-dealkylation sites (N-methyl/N-ethyl adjacent to an activating group) is 1. The summed E-state index contributed by atoms with van der Waals surface area (Å²) in [5, 5.41) is 2.49. The third kappa shape index (κ3) is 6.81. The molecule has 0 saturated heterocycles. The molecule has 0 aliphatic rings. The molecule has 38 heavy (non-hydrogen) atoms. The van der Waals surface area contributed by atoms with Gasteiger partial charge in [0.15, 0.2) is 0 Å². The van der Waals surface area contributed by atoms with Gasteiger partial charge in [-0.2, -0.15) is 14.3 Å². The van der Waals surface area contributed by atoms with Crippen LogP contribution >= 0.6 is 11.3 Å². The molecule has 0 saturated carbocycles. The van der Waals surface area contributed by atoms with Crippen molar-refractivity contribution in [1.29, 1.82) is 0 Å². The van der Waals surface area contributed by atoms with Gasteiger partial charge in [0, 0.05) is 28.6 Å². The van der Waals surface area contributed by atoms with Crippen LogP contribution in [-0.4, -0.2) is 44.0 Å². The van der Waals surface area contributed by atoms with Crippen molar-refractivity contribution in [2.45, 2.75) is 24.4 Å². The van der Waals surface area contributed by atoms with E-state index >= 15 is 0 Å². The summed E-state index contributed by atoms with van der Waals surface area (Å²) in [5.41, 5.74) is 0.652. The lowest BCUT2D eigenvalue weighted by Gasteiger charge is -2.27. The molecule has 0 radical (unpaired) electrons. The lowest BCUT2D eigenvalue weighted by molar-refractivity contribution is -0.191. The highest BCUT2D eigenvalue weighted by Gasteiger charge is 2.32. The number of benzene rings is 2. The molecule has 1 atom stereocenters. The zero-order chi connectivity index (χ0) is 27.7. The summed E-state index contributed by atoms with van der Waals surface area (Å²) in [6.07, 6.45) is 0.250. The number of carbonyl (C=O) groups excluding carboxylic acids is 3. The molecule has 2 heterocycles. The molecule has 2 aromatic carbocycles. The molecule has 0 aliphatic heterocycles. The fourth-order valence-electron chi connectivity index (χ4n) is 3.79. The molecule has 1 amide bonds. The Kier molecular flexibility index (Phi) is 9.69. The van der Waals surface area contributed by atoms with E-state index in [1.165, 1.54) is 42.7 Å². The van der Waals surface area contributed by atoms with Gasteiger partial charge in [0.25, 0.3) is 0 Å². The minimum atomic E-state index is -4.13. The first-order valence-electron chi connectivity index (χ1n) is 11.3. The molecule has 10 nitrogen and oxygen atoms in total. The number of para-hydroxylation sites is 1. The lowest BCUT2D eigenvalue weighted by Crippen LogP contribution is -2.42. The third-order valence-corrected chi connectivity index (χ3v) is 7.88. The molecule has 0 fully saturated rings. The summed E-state index contributed by atoms with van der Waals surface area (Å²) < 4.78 is 35.0. The number of thiophene rings is 1. The van der Waals surface area contributed by atoms with E-state index < -0.39 is 16.1 Å². The minimum Gasteiger partial charge on any atom is -0.496 e. The number of methoxy groups -OCH3 is 1. The van der Waals surface area contributed by atoms with Crippen molar-refractivity contribution in [3.63, 3.8) is 0 Å². The number of rotatable bonds is 9. The van der Waals surface area contributed by atoms with Crippen molar-refractivity contribution in [1.82, 2.24) is 14.6 Å². The van der Waals surface area contributed by atoms with Crippen LogP contribution in [0.4, 0.5) is 0 Å². The Bertz CT molecular complexity index is 1590. The quantitative estimate of drug-likeness (QED) is 0.323. The standard InChI is InChI=1S/C25H25N3O5S2.CO2/c1-3-28(16-18-7-6-14-34-18)25(30)24(20-8-4-5-9-22(20)33-2)27-35(31,32)19-11-12-21-17(15-19)10-13-23(29)26-21;2-1-3/h4-15,24,27H,3,16H2,1-2H3,(H,26,29);/t24-;/m0./s1. The number of nitrogens with zero attached hydrogens (tertiary/aromatic N) is 1. The normalized spacial score (nSPS) is 11.6. The second-order valence-electron chi connectivity index (χ2n) is 7.88. The van der Waals surface area contributed by atoms with Gasteiger partial charge >= 0.3 is 6.15 Å². The lowest BCUT2D eigenvalue weighted by atomic mass is 10.1. The number of ether oxygens (including phenoxy) is 1. The Morgan fingerprint density at radius 2 is 1.84 bits per heavy atom. The summed E-state index contributed by atoms with van der Waals surface area (Å²) in [4.78, 5) is 46.8. The highest BCUT2D eigenvalue weighted by molar-refractivity contribution is 7.89. The monoisotopic (exact) mass is 555 g/mol. The van der Waals surface area contributed by atoms with E-state index in [-0.39, 0.29) is 22.5 Å². The number of fused-ring (bicyclic) bond motifs is 1. The van der Waals surface area contributed by atoms with E-state index in [1.807, 2.05) is 24.4 Å². The van der Waals surface area contributed by atoms with Gasteiger partial charge in [0.2, 0.25) is 21.5 Å². The van der Waals surface area contributed by atoms with Gasteiger partial charge in [-0.15, -0.1) is 11.3 Å². The Morgan fingerprint density at radius 3 is 2.50 bits per heavy atom. The number of sulfonamides is 1. The number of hydrogen-bond donors (Lipinski definition) is 2. The second-order valence-corrected chi connectivity index (χ2v) is 10.6. The molecular weight excluding hydrogens is 530 g/mol. The van der Waals surface area contributed by atoms with E-state index in [1.54, 1.807) is 35.2 Å². The maximum absolute atomic E-state index is 13.7. The number of pyridine rings is 1. The van der Waals surface area contributed by atoms with E-state index in [9.17, 15) is 18.0 Å². The van der Waals surface area contributed by atoms with Crippen molar-refractivity contribution in [2.24, 2.45) is 0 Å². The van der Waals surface area contributed by atoms with Gasteiger partial charge in [0.1, 0.15) is 11.8 Å². The number of nitrogens with one attached hydrogen (secondary N) is 2. The first-order chi connectivity index (χ1) is 18.2. The van der Waals surface area contributed by atoms with Gasteiger partial charge in [-0.25, -0.2) is 8.42 Å². The number of aromatic nitrogens is 1. The Labute approximate surface area is 222 Å². The maximum Gasteiger partial charge on any atom is 0.373 e. The Morgan fingerprint density at radius 1 is 1.11 bits per heavy atom. The average molecular weight is 556 g/mol. The fraction of sp³-hybridized carbons (Fsp3) is 0.192. The fourth-order valence-corrected chi connectivity index (χ4v) is 5.72. The van der Waals surface area contributed by atoms with Crippen LogP contribution in [0.1, 0.15) is 23.4 Å². The van der Waals surface area contributed by atoms with Crippen LogP contribution in [-0.2, 0) is 31.0 Å². The summed E-state index contributed by atoms with van der Waals surface area (Å²) in [6, 6.07) is 16.7. The summed E-state index contributed by atoms with van der Waals surface area (Å²) in [6.45, 7) is 2.61. The number of aromatic amines is 1. The smallest absolute Gasteiger partial charge is 0.373 e. The minimum absolute atomic E-state index is 0.0222. The molecule has 2 aromatic heterocycles.